The maximum Gasteiger partial charge on any atom is 0.332 e. The summed E-state index contributed by atoms with van der Waals surface area (Å²) in [6, 6.07) is 0. The maximum atomic E-state index is 10.6. The first-order chi connectivity index (χ1) is 6.97. The molecule has 0 bridgehead atoms. The van der Waals surface area contributed by atoms with Crippen molar-refractivity contribution in [2.45, 2.75) is 36.9 Å². The Kier molecular flexibility index (Phi) is 4.00. The van der Waals surface area contributed by atoms with Crippen molar-refractivity contribution < 1.29 is 35.1 Å². The highest BCUT2D eigenvalue weighted by Gasteiger charge is 2.42. The van der Waals surface area contributed by atoms with E-state index in [2.05, 4.69) is 0 Å². The highest BCUT2D eigenvalue weighted by molar-refractivity contribution is 5.72. The van der Waals surface area contributed by atoms with Crippen molar-refractivity contribution in [2.75, 3.05) is 6.61 Å². The van der Waals surface area contributed by atoms with Gasteiger partial charge in [-0.1, -0.05) is 0 Å². The Morgan fingerprint density at radius 2 is 2.07 bits per heavy atom. The van der Waals surface area contributed by atoms with E-state index in [1.165, 1.54) is 0 Å². The van der Waals surface area contributed by atoms with Crippen LogP contribution in [0.5, 0.6) is 0 Å². The number of aliphatic hydroxyl groups excluding tert-OH is 4. The fourth-order valence-corrected chi connectivity index (χ4v) is 1.48. The van der Waals surface area contributed by atoms with Crippen LogP contribution in [0.3, 0.4) is 0 Å². The molecule has 1 heterocycles. The molecule has 5 atom stereocenters. The second-order valence-corrected chi connectivity index (χ2v) is 3.47. The van der Waals surface area contributed by atoms with Crippen molar-refractivity contribution in [1.82, 2.24) is 0 Å². The Hall–Kier alpha value is -0.730. The fraction of sp³-hybridized carbons (Fsp3) is 0.875. The average molecular weight is 222 g/mol. The van der Waals surface area contributed by atoms with Crippen LogP contribution in [-0.2, 0) is 9.53 Å². The van der Waals surface area contributed by atoms with Gasteiger partial charge in [0.05, 0.1) is 12.7 Å². The third-order valence-corrected chi connectivity index (χ3v) is 2.35. The first kappa shape index (κ1) is 12.3. The Balaban J connectivity index is 2.72. The summed E-state index contributed by atoms with van der Waals surface area (Å²) >= 11 is 0. The van der Waals surface area contributed by atoms with Gasteiger partial charge in [-0.05, 0) is 0 Å². The molecule has 1 rings (SSSR count). The highest BCUT2D eigenvalue weighted by Crippen LogP contribution is 2.22. The third-order valence-electron chi connectivity index (χ3n) is 2.35. The van der Waals surface area contributed by atoms with Crippen molar-refractivity contribution in [1.29, 1.82) is 0 Å². The summed E-state index contributed by atoms with van der Waals surface area (Å²) in [5.41, 5.74) is 0. The van der Waals surface area contributed by atoms with Crippen molar-refractivity contribution in [3.63, 3.8) is 0 Å². The van der Waals surface area contributed by atoms with Crippen LogP contribution < -0.4 is 0 Å². The van der Waals surface area contributed by atoms with E-state index in [0.717, 1.165) is 0 Å². The lowest BCUT2D eigenvalue weighted by molar-refractivity contribution is -0.212. The molecule has 0 aromatic rings. The number of aliphatic carboxylic acids is 1. The van der Waals surface area contributed by atoms with Gasteiger partial charge in [0, 0.05) is 6.42 Å². The molecule has 0 spiro atoms. The lowest BCUT2D eigenvalue weighted by Crippen LogP contribution is -2.55. The molecule has 1 saturated heterocycles. The zero-order valence-corrected chi connectivity index (χ0v) is 7.85. The molecule has 5 N–H and O–H groups in total. The van der Waals surface area contributed by atoms with Gasteiger partial charge in [0.25, 0.3) is 0 Å². The summed E-state index contributed by atoms with van der Waals surface area (Å²) in [7, 11) is 0. The maximum absolute atomic E-state index is 10.6. The summed E-state index contributed by atoms with van der Waals surface area (Å²) in [6.45, 7) is -0.680. The van der Waals surface area contributed by atoms with E-state index in [0.29, 0.717) is 0 Å². The molecular formula is C8H14O7. The number of aliphatic hydroxyl groups is 4. The van der Waals surface area contributed by atoms with Crippen LogP contribution in [0.25, 0.3) is 0 Å². The van der Waals surface area contributed by atoms with Gasteiger partial charge in [0.2, 0.25) is 0 Å². The molecule has 1 aliphatic rings. The number of rotatable bonds is 3. The molecule has 0 saturated carbocycles. The largest absolute Gasteiger partial charge is 0.479 e. The summed E-state index contributed by atoms with van der Waals surface area (Å²) in [5.74, 6) is -1.28. The summed E-state index contributed by atoms with van der Waals surface area (Å²) < 4.78 is 4.86. The molecule has 0 aromatic heterocycles. The van der Waals surface area contributed by atoms with Crippen LogP contribution in [0.2, 0.25) is 0 Å². The van der Waals surface area contributed by atoms with Gasteiger partial charge < -0.3 is 30.3 Å². The van der Waals surface area contributed by atoms with Crippen LogP contribution in [0.15, 0.2) is 0 Å². The highest BCUT2D eigenvalue weighted by atomic mass is 16.6. The monoisotopic (exact) mass is 222 g/mol. The molecule has 0 aliphatic carbocycles. The molecule has 1 fully saturated rings. The van der Waals surface area contributed by atoms with Crippen molar-refractivity contribution in [3.8, 4) is 0 Å². The smallest absolute Gasteiger partial charge is 0.332 e. The lowest BCUT2D eigenvalue weighted by atomic mass is 9.95. The number of hydrogen-bond donors (Lipinski definition) is 5. The van der Waals surface area contributed by atoms with E-state index in [9.17, 15) is 20.1 Å². The average Bonchev–Trinajstić information content (AvgIpc) is 2.20. The normalized spacial score (nSPS) is 38.7. The predicted molar refractivity (Wildman–Crippen MR) is 46.0 cm³/mol. The zero-order valence-electron chi connectivity index (χ0n) is 7.85. The van der Waals surface area contributed by atoms with E-state index in [1.54, 1.807) is 0 Å². The number of carbonyl (C=O) groups is 1. The molecule has 88 valence electrons. The molecule has 0 radical (unpaired) electrons. The molecule has 1 aliphatic heterocycles. The van der Waals surface area contributed by atoms with Crippen molar-refractivity contribution in [3.05, 3.63) is 0 Å². The Labute approximate surface area is 85.5 Å². The van der Waals surface area contributed by atoms with Gasteiger partial charge in [-0.3, -0.25) is 0 Å². The number of hydrogen-bond acceptors (Lipinski definition) is 6. The van der Waals surface area contributed by atoms with Crippen LogP contribution in [0, 0.1) is 0 Å². The lowest BCUT2D eigenvalue weighted by Gasteiger charge is -2.37. The van der Waals surface area contributed by atoms with Gasteiger partial charge in [0.1, 0.15) is 18.3 Å². The van der Waals surface area contributed by atoms with E-state index in [-0.39, 0.29) is 6.42 Å². The van der Waals surface area contributed by atoms with Crippen molar-refractivity contribution >= 4 is 5.97 Å². The van der Waals surface area contributed by atoms with Gasteiger partial charge in [-0.15, -0.1) is 0 Å². The predicted octanol–water partition coefficient (Wildman–Crippen LogP) is -2.70. The van der Waals surface area contributed by atoms with Crippen molar-refractivity contribution in [2.24, 2.45) is 0 Å². The summed E-state index contributed by atoms with van der Waals surface area (Å²) in [5, 5.41) is 45.3. The topological polar surface area (TPSA) is 127 Å². The third kappa shape index (κ3) is 2.64. The second-order valence-electron chi connectivity index (χ2n) is 3.47. The molecule has 0 unspecified atom stereocenters. The van der Waals surface area contributed by atoms with Gasteiger partial charge >= 0.3 is 5.97 Å². The molecular weight excluding hydrogens is 208 g/mol. The number of carboxylic acid groups (broad SMARTS) is 1. The quantitative estimate of drug-likeness (QED) is 0.351. The first-order valence-corrected chi connectivity index (χ1v) is 4.50. The van der Waals surface area contributed by atoms with Crippen LogP contribution in [0.1, 0.15) is 6.42 Å². The minimum absolute atomic E-state index is 0.245. The number of ether oxygens (including phenoxy) is 1. The van der Waals surface area contributed by atoms with Gasteiger partial charge in [-0.25, -0.2) is 4.79 Å². The molecule has 15 heavy (non-hydrogen) atoms. The molecule has 0 amide bonds. The second kappa shape index (κ2) is 4.86. The molecule has 7 nitrogen and oxygen atoms in total. The summed E-state index contributed by atoms with van der Waals surface area (Å²) in [4.78, 5) is 10.6. The van der Waals surface area contributed by atoms with Gasteiger partial charge in [0.15, 0.2) is 6.10 Å². The summed E-state index contributed by atoms with van der Waals surface area (Å²) in [6.07, 6.45) is -6.93. The minimum Gasteiger partial charge on any atom is -0.479 e. The van der Waals surface area contributed by atoms with E-state index < -0.39 is 43.1 Å². The Morgan fingerprint density at radius 1 is 1.47 bits per heavy atom. The molecule has 0 aromatic carbocycles. The van der Waals surface area contributed by atoms with E-state index in [4.69, 9.17) is 14.9 Å². The Morgan fingerprint density at radius 3 is 2.53 bits per heavy atom. The minimum atomic E-state index is -1.42. The van der Waals surface area contributed by atoms with Gasteiger partial charge in [-0.2, -0.15) is 0 Å². The Bertz CT molecular complexity index is 231. The van der Waals surface area contributed by atoms with Crippen LogP contribution >= 0.6 is 0 Å². The molecule has 7 heteroatoms. The van der Waals surface area contributed by atoms with Crippen LogP contribution in [-0.4, -0.2) is 68.6 Å². The fourth-order valence-electron chi connectivity index (χ4n) is 1.48. The zero-order chi connectivity index (χ0) is 11.6. The SMILES string of the molecule is O=C(O)[C@@H]1C[C@@H](O)[C@@H](O)[C@@H]([C@H](O)CO)O1. The standard InChI is InChI=1S/C8H14O7/c9-2-4(11)7-6(12)3(10)1-5(15-7)8(13)14/h3-7,9-12H,1-2H2,(H,13,14)/t3-,4-,5+,6-,7-/m1/s1. The first-order valence-electron chi connectivity index (χ1n) is 4.50. The van der Waals surface area contributed by atoms with Crippen LogP contribution in [0.4, 0.5) is 0 Å². The van der Waals surface area contributed by atoms with E-state index >= 15 is 0 Å². The van der Waals surface area contributed by atoms with E-state index in [1.807, 2.05) is 0 Å². The number of carboxylic acids is 1.